The summed E-state index contributed by atoms with van der Waals surface area (Å²) < 4.78 is 21.0. The SMILES string of the molecule is CCOC(=O)C1(CSCc2ccco2)OC(=O)C(O)=C1SCc1ccco1. The third-order valence-corrected chi connectivity index (χ3v) is 6.06. The number of thioether (sulfide) groups is 2. The van der Waals surface area contributed by atoms with E-state index in [9.17, 15) is 14.7 Å². The van der Waals surface area contributed by atoms with Crippen molar-refractivity contribution in [2.45, 2.75) is 24.0 Å². The molecule has 27 heavy (non-hydrogen) atoms. The van der Waals surface area contributed by atoms with Crippen LogP contribution in [0.3, 0.4) is 0 Å². The molecule has 2 aromatic heterocycles. The summed E-state index contributed by atoms with van der Waals surface area (Å²) >= 11 is 2.45. The van der Waals surface area contributed by atoms with Gasteiger partial charge < -0.3 is 23.4 Å². The Morgan fingerprint density at radius 1 is 1.19 bits per heavy atom. The summed E-state index contributed by atoms with van der Waals surface area (Å²) in [6, 6.07) is 7.08. The van der Waals surface area contributed by atoms with Gasteiger partial charge >= 0.3 is 11.9 Å². The molecule has 1 atom stereocenters. The summed E-state index contributed by atoms with van der Waals surface area (Å²) in [6.07, 6.45) is 3.08. The van der Waals surface area contributed by atoms with Crippen LogP contribution < -0.4 is 0 Å². The Morgan fingerprint density at radius 2 is 1.85 bits per heavy atom. The van der Waals surface area contributed by atoms with E-state index in [1.807, 2.05) is 6.07 Å². The van der Waals surface area contributed by atoms with Crippen LogP contribution in [0.15, 0.2) is 56.3 Å². The molecular weight excluding hydrogens is 392 g/mol. The van der Waals surface area contributed by atoms with Crippen LogP contribution in [-0.4, -0.2) is 35.0 Å². The topological polar surface area (TPSA) is 99.1 Å². The number of cyclic esters (lactones) is 1. The van der Waals surface area contributed by atoms with Gasteiger partial charge in [0, 0.05) is 0 Å². The highest BCUT2D eigenvalue weighted by molar-refractivity contribution is 8.02. The van der Waals surface area contributed by atoms with Crippen molar-refractivity contribution in [2.75, 3.05) is 12.4 Å². The van der Waals surface area contributed by atoms with Gasteiger partial charge in [0.1, 0.15) is 11.5 Å². The monoisotopic (exact) mass is 410 g/mol. The molecule has 0 fully saturated rings. The number of aliphatic hydroxyl groups excluding tert-OH is 1. The van der Waals surface area contributed by atoms with Crippen molar-refractivity contribution in [1.29, 1.82) is 0 Å². The van der Waals surface area contributed by atoms with Crippen molar-refractivity contribution < 1.29 is 33.0 Å². The van der Waals surface area contributed by atoms with Crippen LogP contribution in [0.5, 0.6) is 0 Å². The van der Waals surface area contributed by atoms with Gasteiger partial charge in [0.25, 0.3) is 5.60 Å². The zero-order valence-electron chi connectivity index (χ0n) is 14.5. The van der Waals surface area contributed by atoms with Crippen LogP contribution in [-0.2, 0) is 30.6 Å². The van der Waals surface area contributed by atoms with E-state index in [0.717, 1.165) is 17.5 Å². The van der Waals surface area contributed by atoms with E-state index in [2.05, 4.69) is 0 Å². The van der Waals surface area contributed by atoms with Gasteiger partial charge in [-0.05, 0) is 31.2 Å². The number of hydrogen-bond acceptors (Lipinski definition) is 9. The van der Waals surface area contributed by atoms with E-state index in [4.69, 9.17) is 18.3 Å². The van der Waals surface area contributed by atoms with Gasteiger partial charge in [0.2, 0.25) is 5.76 Å². The van der Waals surface area contributed by atoms with Gasteiger partial charge in [-0.2, -0.15) is 0 Å². The average molecular weight is 410 g/mol. The first kappa shape index (κ1) is 19.5. The maximum Gasteiger partial charge on any atom is 0.375 e. The molecule has 1 unspecified atom stereocenters. The van der Waals surface area contributed by atoms with Gasteiger partial charge in [-0.1, -0.05) is 0 Å². The largest absolute Gasteiger partial charge is 0.501 e. The van der Waals surface area contributed by atoms with E-state index in [1.54, 1.807) is 31.4 Å². The Hall–Kier alpha value is -2.26. The molecule has 3 heterocycles. The lowest BCUT2D eigenvalue weighted by Crippen LogP contribution is -2.44. The molecule has 0 amide bonds. The number of esters is 2. The summed E-state index contributed by atoms with van der Waals surface area (Å²) in [7, 11) is 0. The molecule has 2 aromatic rings. The first-order valence-electron chi connectivity index (χ1n) is 8.16. The number of ether oxygens (including phenoxy) is 2. The number of aliphatic hydroxyl groups is 1. The van der Waals surface area contributed by atoms with Gasteiger partial charge in [-0.3, -0.25) is 0 Å². The number of carbonyl (C=O) groups is 2. The standard InChI is InChI=1S/C18H18O7S2/c1-2-22-17(21)18(11-26-9-12-5-3-7-23-12)15(14(19)16(20)25-18)27-10-13-6-4-8-24-13/h3-8,19H,2,9-11H2,1H3. The van der Waals surface area contributed by atoms with Crippen LogP contribution >= 0.6 is 23.5 Å². The molecule has 0 aromatic carbocycles. The molecular formula is C18H18O7S2. The lowest BCUT2D eigenvalue weighted by molar-refractivity contribution is -0.169. The van der Waals surface area contributed by atoms with Gasteiger partial charge in [-0.15, -0.1) is 23.5 Å². The molecule has 3 rings (SSSR count). The molecule has 0 bridgehead atoms. The van der Waals surface area contributed by atoms with Crippen molar-refractivity contribution in [2.24, 2.45) is 0 Å². The molecule has 0 saturated carbocycles. The van der Waals surface area contributed by atoms with Crippen LogP contribution in [0, 0.1) is 0 Å². The quantitative estimate of drug-likeness (QED) is 0.621. The predicted octanol–water partition coefficient (Wildman–Crippen LogP) is 3.67. The minimum absolute atomic E-state index is 0.0861. The highest BCUT2D eigenvalue weighted by Crippen LogP contribution is 2.44. The second kappa shape index (κ2) is 8.62. The summed E-state index contributed by atoms with van der Waals surface area (Å²) in [5.41, 5.74) is -1.69. The summed E-state index contributed by atoms with van der Waals surface area (Å²) in [5.74, 6) is 0.0263. The molecule has 0 aliphatic carbocycles. The summed E-state index contributed by atoms with van der Waals surface area (Å²) in [4.78, 5) is 24.9. The fraction of sp³-hybridized carbons (Fsp3) is 0.333. The second-order valence-corrected chi connectivity index (χ2v) is 7.53. The fourth-order valence-electron chi connectivity index (χ4n) is 2.49. The lowest BCUT2D eigenvalue weighted by Gasteiger charge is -2.27. The van der Waals surface area contributed by atoms with Gasteiger partial charge in [-0.25, -0.2) is 9.59 Å². The average Bonchev–Trinajstić information content (AvgIpc) is 3.38. The van der Waals surface area contributed by atoms with Crippen LogP contribution in [0.1, 0.15) is 18.4 Å². The van der Waals surface area contributed by atoms with E-state index in [0.29, 0.717) is 17.3 Å². The molecule has 1 aliphatic heterocycles. The molecule has 1 N–H and O–H groups in total. The van der Waals surface area contributed by atoms with E-state index >= 15 is 0 Å². The van der Waals surface area contributed by atoms with Crippen molar-refractivity contribution in [1.82, 2.24) is 0 Å². The van der Waals surface area contributed by atoms with Crippen molar-refractivity contribution in [3.63, 3.8) is 0 Å². The van der Waals surface area contributed by atoms with Gasteiger partial charge in [0.05, 0.1) is 41.3 Å². The maximum absolute atomic E-state index is 12.7. The zero-order valence-corrected chi connectivity index (χ0v) is 16.1. The molecule has 0 spiro atoms. The molecule has 144 valence electrons. The van der Waals surface area contributed by atoms with Gasteiger partial charge in [0.15, 0.2) is 0 Å². The molecule has 0 radical (unpaired) electrons. The first-order chi connectivity index (χ1) is 13.1. The van der Waals surface area contributed by atoms with Crippen LogP contribution in [0.4, 0.5) is 0 Å². The van der Waals surface area contributed by atoms with Crippen LogP contribution in [0.25, 0.3) is 0 Å². The smallest absolute Gasteiger partial charge is 0.375 e. The van der Waals surface area contributed by atoms with Crippen molar-refractivity contribution in [3.05, 3.63) is 59.0 Å². The van der Waals surface area contributed by atoms with Crippen molar-refractivity contribution in [3.8, 4) is 0 Å². The Labute approximate surface area is 164 Å². The number of hydrogen-bond donors (Lipinski definition) is 1. The second-order valence-electron chi connectivity index (χ2n) is 5.55. The lowest BCUT2D eigenvalue weighted by atomic mass is 10.1. The summed E-state index contributed by atoms with van der Waals surface area (Å²) in [6.45, 7) is 1.79. The first-order valence-corrected chi connectivity index (χ1v) is 10.3. The molecule has 7 nitrogen and oxygen atoms in total. The molecule has 0 saturated heterocycles. The van der Waals surface area contributed by atoms with E-state index < -0.39 is 23.3 Å². The number of furan rings is 2. The van der Waals surface area contributed by atoms with E-state index in [-0.39, 0.29) is 17.3 Å². The highest BCUT2D eigenvalue weighted by Gasteiger charge is 2.55. The third kappa shape index (κ3) is 4.19. The normalized spacial score (nSPS) is 19.4. The fourth-order valence-corrected chi connectivity index (χ4v) is 4.75. The Kier molecular flexibility index (Phi) is 6.22. The number of rotatable bonds is 9. The van der Waals surface area contributed by atoms with Crippen molar-refractivity contribution >= 4 is 35.5 Å². The number of carbonyl (C=O) groups excluding carboxylic acids is 2. The summed E-state index contributed by atoms with van der Waals surface area (Å²) in [5, 5.41) is 10.2. The maximum atomic E-state index is 12.7. The van der Waals surface area contributed by atoms with Crippen LogP contribution in [0.2, 0.25) is 0 Å². The predicted molar refractivity (Wildman–Crippen MR) is 100.0 cm³/mol. The Bertz CT molecular complexity index is 811. The molecule has 9 heteroatoms. The Balaban J connectivity index is 1.81. The third-order valence-electron chi connectivity index (χ3n) is 3.72. The van der Waals surface area contributed by atoms with E-state index in [1.165, 1.54) is 18.0 Å². The highest BCUT2D eigenvalue weighted by atomic mass is 32.2. The minimum atomic E-state index is -1.69. The minimum Gasteiger partial charge on any atom is -0.501 e. The molecule has 1 aliphatic rings. The zero-order chi connectivity index (χ0) is 19.3. The Morgan fingerprint density at radius 3 is 2.44 bits per heavy atom.